The second-order valence-corrected chi connectivity index (χ2v) is 9.38. The van der Waals surface area contributed by atoms with Crippen molar-refractivity contribution < 1.29 is 47.2 Å². The molecule has 234 valence electrons. The summed E-state index contributed by atoms with van der Waals surface area (Å²) >= 11 is 0. The molecule has 0 aliphatic carbocycles. The summed E-state index contributed by atoms with van der Waals surface area (Å²) < 4.78 is 59.3. The van der Waals surface area contributed by atoms with Gasteiger partial charge in [0.25, 0.3) is 17.7 Å². The van der Waals surface area contributed by atoms with Gasteiger partial charge in [0.2, 0.25) is 29.0 Å². The maximum absolute atomic E-state index is 16.0. The number of phenols is 1. The van der Waals surface area contributed by atoms with E-state index in [1.165, 1.54) is 61.6 Å². The number of pyridine rings is 1. The van der Waals surface area contributed by atoms with E-state index in [4.69, 9.17) is 40.6 Å². The van der Waals surface area contributed by atoms with Crippen LogP contribution in [0.5, 0.6) is 52.0 Å². The van der Waals surface area contributed by atoms with Crippen molar-refractivity contribution in [1.82, 2.24) is 9.88 Å². The first-order chi connectivity index (χ1) is 21.3. The molecule has 2 amide bonds. The summed E-state index contributed by atoms with van der Waals surface area (Å²) in [6, 6.07) is 11.6. The highest BCUT2D eigenvalue weighted by molar-refractivity contribution is 5.96. The Morgan fingerprint density at radius 3 is 1.96 bits per heavy atom. The summed E-state index contributed by atoms with van der Waals surface area (Å²) in [7, 11) is 5.50. The lowest BCUT2D eigenvalue weighted by molar-refractivity contribution is 0.0827. The zero-order chi connectivity index (χ0) is 33.0. The number of methoxy groups -OCH3 is 2. The van der Waals surface area contributed by atoms with E-state index < -0.39 is 46.6 Å². The van der Waals surface area contributed by atoms with E-state index in [2.05, 4.69) is 4.98 Å². The summed E-state index contributed by atoms with van der Waals surface area (Å²) in [6.45, 7) is 0. The fraction of sp³-hybridized carbons (Fsp3) is 0.133. The molecule has 4 rings (SSSR count). The lowest BCUT2D eigenvalue weighted by Crippen LogP contribution is -2.21. The Balaban J connectivity index is 1.90. The zero-order valence-electron chi connectivity index (χ0n) is 24.3. The van der Waals surface area contributed by atoms with Crippen LogP contribution in [-0.2, 0) is 0 Å². The minimum atomic E-state index is -1.49. The highest BCUT2D eigenvalue weighted by Crippen LogP contribution is 2.46. The number of nitrogens with two attached hydrogens (primary N) is 2. The van der Waals surface area contributed by atoms with Crippen LogP contribution in [0.1, 0.15) is 26.3 Å². The van der Waals surface area contributed by atoms with Gasteiger partial charge in [-0.3, -0.25) is 15.0 Å². The van der Waals surface area contributed by atoms with Gasteiger partial charge in [0.1, 0.15) is 11.6 Å². The number of amidine groups is 1. The molecule has 0 aliphatic rings. The van der Waals surface area contributed by atoms with Gasteiger partial charge in [0, 0.05) is 30.8 Å². The van der Waals surface area contributed by atoms with Crippen LogP contribution in [0.4, 0.5) is 8.78 Å². The quantitative estimate of drug-likeness (QED) is 0.136. The van der Waals surface area contributed by atoms with Gasteiger partial charge < -0.3 is 45.2 Å². The van der Waals surface area contributed by atoms with Gasteiger partial charge in [-0.25, -0.2) is 0 Å². The molecule has 0 saturated carbocycles. The van der Waals surface area contributed by atoms with Crippen molar-refractivity contribution in [2.24, 2.45) is 11.5 Å². The molecule has 1 aromatic heterocycles. The number of nitrogen functional groups attached to an aromatic ring is 1. The molecule has 0 saturated heterocycles. The first-order valence-corrected chi connectivity index (χ1v) is 12.8. The second kappa shape index (κ2) is 13.0. The van der Waals surface area contributed by atoms with Gasteiger partial charge in [-0.05, 0) is 48.5 Å². The van der Waals surface area contributed by atoms with Crippen LogP contribution in [0.25, 0.3) is 0 Å². The van der Waals surface area contributed by atoms with E-state index in [-0.39, 0.29) is 51.4 Å². The standard InChI is InChI=1S/C30H27F2N5O8/c1-37(2)30(40)15-6-5-7-17(10-15)43-28-22(31)25(45-24-20(41-3)12-16(27(35)39)13-21(24)42-4)23(32)29(36-28)44-19-11-14(26(33)34)8-9-18(19)38/h5-13,38H,1-4H3,(H3,33,34)(H2,35,39). The van der Waals surface area contributed by atoms with Gasteiger partial charge >= 0.3 is 0 Å². The Hall–Kier alpha value is -6.12. The van der Waals surface area contributed by atoms with Crippen LogP contribution < -0.4 is 35.2 Å². The highest BCUT2D eigenvalue weighted by atomic mass is 19.1. The molecule has 1 heterocycles. The minimum absolute atomic E-state index is 0.0484. The van der Waals surface area contributed by atoms with Crippen LogP contribution in [0.3, 0.4) is 0 Å². The van der Waals surface area contributed by atoms with Crippen molar-refractivity contribution in [1.29, 1.82) is 5.41 Å². The van der Waals surface area contributed by atoms with Crippen LogP contribution in [-0.4, -0.2) is 61.0 Å². The topological polar surface area (TPSA) is 193 Å². The Morgan fingerprint density at radius 1 is 0.800 bits per heavy atom. The molecule has 0 spiro atoms. The monoisotopic (exact) mass is 623 g/mol. The largest absolute Gasteiger partial charge is 0.504 e. The minimum Gasteiger partial charge on any atom is -0.504 e. The summed E-state index contributed by atoms with van der Waals surface area (Å²) in [5.41, 5.74) is 11.2. The molecule has 4 aromatic rings. The fourth-order valence-corrected chi connectivity index (χ4v) is 3.86. The van der Waals surface area contributed by atoms with E-state index >= 15 is 8.78 Å². The SMILES string of the molecule is COc1cc(C(N)=O)cc(OC)c1Oc1c(F)c(Oc2cccc(C(=O)N(C)C)c2)nc(Oc2cc(C(=N)N)ccc2O)c1F. The number of rotatable bonds is 11. The van der Waals surface area contributed by atoms with Gasteiger partial charge in [-0.1, -0.05) is 6.07 Å². The number of amides is 2. The van der Waals surface area contributed by atoms with Crippen molar-refractivity contribution in [2.45, 2.75) is 0 Å². The third-order valence-electron chi connectivity index (χ3n) is 6.11. The maximum atomic E-state index is 16.0. The number of primary amides is 1. The van der Waals surface area contributed by atoms with Crippen molar-refractivity contribution in [3.63, 3.8) is 0 Å². The van der Waals surface area contributed by atoms with E-state index in [0.717, 1.165) is 12.1 Å². The Bertz CT molecular complexity index is 1790. The van der Waals surface area contributed by atoms with E-state index in [0.29, 0.717) is 0 Å². The molecular formula is C30H27F2N5O8. The predicted molar refractivity (Wildman–Crippen MR) is 156 cm³/mol. The van der Waals surface area contributed by atoms with Gasteiger partial charge in [0.05, 0.1) is 14.2 Å². The number of hydrogen-bond donors (Lipinski definition) is 4. The average Bonchev–Trinajstić information content (AvgIpc) is 3.01. The molecule has 3 aromatic carbocycles. The second-order valence-electron chi connectivity index (χ2n) is 9.38. The molecule has 0 atom stereocenters. The van der Waals surface area contributed by atoms with E-state index in [9.17, 15) is 14.7 Å². The molecule has 0 aliphatic heterocycles. The fourth-order valence-electron chi connectivity index (χ4n) is 3.86. The number of phenolic OH excluding ortho intramolecular Hbond substituents is 1. The van der Waals surface area contributed by atoms with Crippen LogP contribution in [0, 0.1) is 17.0 Å². The number of ether oxygens (including phenoxy) is 5. The molecule has 45 heavy (non-hydrogen) atoms. The number of nitrogens with zero attached hydrogens (tertiary/aromatic N) is 2. The van der Waals surface area contributed by atoms with Crippen LogP contribution in [0.2, 0.25) is 0 Å². The number of benzene rings is 3. The third kappa shape index (κ3) is 6.77. The molecule has 0 fully saturated rings. The molecule has 0 bridgehead atoms. The molecule has 15 heteroatoms. The highest BCUT2D eigenvalue weighted by Gasteiger charge is 2.29. The lowest BCUT2D eigenvalue weighted by Gasteiger charge is -2.18. The Morgan fingerprint density at radius 2 is 1.40 bits per heavy atom. The van der Waals surface area contributed by atoms with Crippen LogP contribution in [0.15, 0.2) is 54.6 Å². The van der Waals surface area contributed by atoms with Crippen molar-refractivity contribution >= 4 is 17.6 Å². The van der Waals surface area contributed by atoms with E-state index in [1.54, 1.807) is 14.1 Å². The summed E-state index contributed by atoms with van der Waals surface area (Å²) in [4.78, 5) is 29.4. The lowest BCUT2D eigenvalue weighted by atomic mass is 10.1. The van der Waals surface area contributed by atoms with Crippen molar-refractivity contribution in [2.75, 3.05) is 28.3 Å². The van der Waals surface area contributed by atoms with Crippen LogP contribution >= 0.6 is 0 Å². The number of carbonyl (C=O) groups is 2. The Kier molecular flexibility index (Phi) is 9.21. The molecular weight excluding hydrogens is 596 g/mol. The molecule has 6 N–H and O–H groups in total. The number of hydrogen-bond acceptors (Lipinski definition) is 10. The van der Waals surface area contributed by atoms with Crippen molar-refractivity contribution in [3.8, 4) is 52.0 Å². The number of nitrogens with one attached hydrogen (secondary N) is 1. The number of carbonyl (C=O) groups excluding carboxylic acids is 2. The summed E-state index contributed by atoms with van der Waals surface area (Å²) in [5.74, 6) is -9.08. The normalized spacial score (nSPS) is 10.5. The Labute approximate surface area is 255 Å². The predicted octanol–water partition coefficient (Wildman–Crippen LogP) is 4.54. The number of halogens is 2. The molecule has 0 radical (unpaired) electrons. The average molecular weight is 624 g/mol. The first kappa shape index (κ1) is 31.8. The van der Waals surface area contributed by atoms with Crippen molar-refractivity contribution in [3.05, 3.63) is 82.9 Å². The van der Waals surface area contributed by atoms with Gasteiger partial charge in [-0.15, -0.1) is 0 Å². The molecule has 0 unspecified atom stereocenters. The number of aromatic hydroxyl groups is 1. The zero-order valence-corrected chi connectivity index (χ0v) is 24.3. The first-order valence-electron chi connectivity index (χ1n) is 12.8. The van der Waals surface area contributed by atoms with Gasteiger partial charge in [0.15, 0.2) is 23.0 Å². The van der Waals surface area contributed by atoms with Gasteiger partial charge in [-0.2, -0.15) is 13.8 Å². The maximum Gasteiger partial charge on any atom is 0.263 e. The molecule has 13 nitrogen and oxygen atoms in total. The third-order valence-corrected chi connectivity index (χ3v) is 6.11. The van der Waals surface area contributed by atoms with E-state index in [1.807, 2.05) is 0 Å². The summed E-state index contributed by atoms with van der Waals surface area (Å²) in [6.07, 6.45) is 0. The number of aromatic nitrogens is 1. The summed E-state index contributed by atoms with van der Waals surface area (Å²) in [5, 5.41) is 18.0. The smallest absolute Gasteiger partial charge is 0.263 e.